The lowest BCUT2D eigenvalue weighted by Crippen LogP contribution is -2.75. The highest BCUT2D eigenvalue weighted by atomic mass is 32.2. The molecule has 0 aliphatic carbocycles. The van der Waals surface area contributed by atoms with E-state index in [4.69, 9.17) is 5.26 Å². The number of hydrogen-bond acceptors (Lipinski definition) is 4. The van der Waals surface area contributed by atoms with Crippen LogP contribution in [0.3, 0.4) is 0 Å². The van der Waals surface area contributed by atoms with Gasteiger partial charge in [-0.3, -0.25) is 0 Å². The summed E-state index contributed by atoms with van der Waals surface area (Å²) < 4.78 is 244. The Kier molecular flexibility index (Phi) is 11.4. The second-order valence-electron chi connectivity index (χ2n) is 8.75. The number of alkyl halides is 17. The van der Waals surface area contributed by atoms with E-state index >= 15 is 0 Å². The standard InChI is InChI=1S/C15H16NS.C8HF17O3S/c1-3-17(4-2)15-10-9-12(11-16)13-7-5-6-8-14(13)15;9-1(10,3(13,14)5(17,18)7(21,22)23)2(11,12)4(15,16)6(19,20)8(24,25)29(26,27)28/h5-10H,3-4H2,1-2H3;(H,26,27,28)/q+1;/p-1. The fourth-order valence-electron chi connectivity index (χ4n) is 3.44. The molecule has 0 atom stereocenters. The maximum Gasteiger partial charge on any atom is 0.460 e. The summed E-state index contributed by atoms with van der Waals surface area (Å²) >= 11 is 0. The van der Waals surface area contributed by atoms with Crippen LogP contribution in [0.15, 0.2) is 41.3 Å². The predicted octanol–water partition coefficient (Wildman–Crippen LogP) is 8.23. The van der Waals surface area contributed by atoms with Crippen molar-refractivity contribution in [3.8, 4) is 6.07 Å². The van der Waals surface area contributed by atoms with Gasteiger partial charge in [0, 0.05) is 21.7 Å². The van der Waals surface area contributed by atoms with Gasteiger partial charge < -0.3 is 4.55 Å². The molecule has 2 rings (SSSR count). The van der Waals surface area contributed by atoms with Crippen molar-refractivity contribution < 1.29 is 87.6 Å². The van der Waals surface area contributed by atoms with Crippen LogP contribution in [0.2, 0.25) is 0 Å². The Bertz CT molecular complexity index is 1550. The SMILES string of the molecule is CC[S+](CC)c1ccc(C#N)c2ccccc12.O=S(=O)([O-])C(F)(F)C(F)(F)C(F)(F)C(F)(F)C(F)(F)C(F)(F)C(F)(F)C(F)(F)F. The van der Waals surface area contributed by atoms with E-state index < -0.39 is 57.1 Å². The Morgan fingerprint density at radius 1 is 0.630 bits per heavy atom. The number of hydrogen-bond donors (Lipinski definition) is 0. The van der Waals surface area contributed by atoms with Crippen LogP contribution in [0.25, 0.3) is 10.8 Å². The molecule has 0 heterocycles. The van der Waals surface area contributed by atoms with E-state index in [0.717, 1.165) is 10.9 Å². The van der Waals surface area contributed by atoms with Gasteiger partial charge in [0.2, 0.25) is 0 Å². The van der Waals surface area contributed by atoms with Crippen molar-refractivity contribution in [1.82, 2.24) is 0 Å². The molecular formula is C23H16F17NO3S2. The average Bonchev–Trinajstić information content (AvgIpc) is 2.92. The molecule has 0 bridgehead atoms. The summed E-state index contributed by atoms with van der Waals surface area (Å²) in [5.74, 6) is -49.8. The van der Waals surface area contributed by atoms with Gasteiger partial charge >= 0.3 is 47.0 Å². The second-order valence-corrected chi connectivity index (χ2v) is 12.8. The minimum atomic E-state index is -8.92. The van der Waals surface area contributed by atoms with E-state index in [-0.39, 0.29) is 0 Å². The Balaban J connectivity index is 0.000000522. The minimum absolute atomic E-state index is 0.304. The molecule has 0 saturated heterocycles. The van der Waals surface area contributed by atoms with Gasteiger partial charge in [-0.1, -0.05) is 18.2 Å². The molecule has 2 aromatic carbocycles. The predicted molar refractivity (Wildman–Crippen MR) is 126 cm³/mol. The molecule has 0 amide bonds. The molecule has 2 aromatic rings. The van der Waals surface area contributed by atoms with Crippen LogP contribution in [0.4, 0.5) is 74.6 Å². The molecule has 0 N–H and O–H groups in total. The lowest BCUT2D eigenvalue weighted by atomic mass is 9.91. The van der Waals surface area contributed by atoms with Crippen molar-refractivity contribution >= 4 is 31.8 Å². The number of fused-ring (bicyclic) bond motifs is 1. The second kappa shape index (κ2) is 12.7. The zero-order valence-electron chi connectivity index (χ0n) is 22.3. The topological polar surface area (TPSA) is 81.0 Å². The van der Waals surface area contributed by atoms with Crippen molar-refractivity contribution in [2.45, 2.75) is 65.7 Å². The summed E-state index contributed by atoms with van der Waals surface area (Å²) in [6.45, 7) is 4.47. The first-order chi connectivity index (χ1) is 20.3. The fourth-order valence-corrected chi connectivity index (χ4v) is 5.66. The van der Waals surface area contributed by atoms with Gasteiger partial charge in [-0.05, 0) is 32.0 Å². The van der Waals surface area contributed by atoms with Crippen molar-refractivity contribution in [2.24, 2.45) is 0 Å². The number of nitriles is 1. The molecule has 0 aromatic heterocycles. The monoisotopic (exact) mass is 741 g/mol. The lowest BCUT2D eigenvalue weighted by Gasteiger charge is -2.42. The maximum absolute atomic E-state index is 13.0. The Labute approximate surface area is 250 Å². The van der Waals surface area contributed by atoms with E-state index in [1.54, 1.807) is 0 Å². The largest absolute Gasteiger partial charge is 0.743 e. The minimum Gasteiger partial charge on any atom is -0.743 e. The van der Waals surface area contributed by atoms with Gasteiger partial charge in [-0.25, -0.2) is 8.42 Å². The molecule has 4 nitrogen and oxygen atoms in total. The van der Waals surface area contributed by atoms with Crippen LogP contribution in [0.5, 0.6) is 0 Å². The number of benzene rings is 2. The molecule has 0 aliphatic heterocycles. The zero-order chi connectivity index (χ0) is 36.8. The highest BCUT2D eigenvalue weighted by molar-refractivity contribution is 7.97. The quantitative estimate of drug-likeness (QED) is 0.140. The van der Waals surface area contributed by atoms with Crippen LogP contribution < -0.4 is 0 Å². The summed E-state index contributed by atoms with van der Waals surface area (Å²) in [4.78, 5) is 1.41. The number of halogens is 17. The van der Waals surface area contributed by atoms with Crippen LogP contribution in [-0.2, 0) is 21.0 Å². The van der Waals surface area contributed by atoms with E-state index in [2.05, 4.69) is 38.1 Å². The summed E-state index contributed by atoms with van der Waals surface area (Å²) in [6.07, 6.45) is -7.89. The molecule has 0 spiro atoms. The van der Waals surface area contributed by atoms with E-state index in [1.807, 2.05) is 18.2 Å². The van der Waals surface area contributed by atoms with Crippen molar-refractivity contribution in [2.75, 3.05) is 11.5 Å². The van der Waals surface area contributed by atoms with Crippen molar-refractivity contribution in [3.05, 3.63) is 42.0 Å². The van der Waals surface area contributed by atoms with Crippen LogP contribution in [0, 0.1) is 11.3 Å². The van der Waals surface area contributed by atoms with Gasteiger partial charge in [0.05, 0.1) is 11.6 Å². The first-order valence-corrected chi connectivity index (χ1v) is 14.5. The van der Waals surface area contributed by atoms with Crippen molar-refractivity contribution in [1.29, 1.82) is 5.26 Å². The van der Waals surface area contributed by atoms with Crippen LogP contribution in [-0.4, -0.2) is 71.4 Å². The zero-order valence-corrected chi connectivity index (χ0v) is 23.9. The van der Waals surface area contributed by atoms with E-state index in [1.165, 1.54) is 21.8 Å². The number of nitrogens with zero attached hydrogens (tertiary/aromatic N) is 1. The molecule has 0 saturated carbocycles. The number of rotatable bonds is 10. The maximum atomic E-state index is 13.0. The molecule has 46 heavy (non-hydrogen) atoms. The Morgan fingerprint density at radius 2 is 1.00 bits per heavy atom. The summed E-state index contributed by atoms with van der Waals surface area (Å²) in [7, 11) is -7.84. The summed E-state index contributed by atoms with van der Waals surface area (Å²) in [5, 5.41) is 3.52. The summed E-state index contributed by atoms with van der Waals surface area (Å²) in [5.41, 5.74) is 0.778. The Hall–Kier alpha value is -2.74. The smallest absolute Gasteiger partial charge is 0.460 e. The van der Waals surface area contributed by atoms with Gasteiger partial charge in [0.25, 0.3) is 0 Å². The van der Waals surface area contributed by atoms with Gasteiger partial charge in [-0.2, -0.15) is 79.9 Å². The Morgan fingerprint density at radius 3 is 1.35 bits per heavy atom. The lowest BCUT2D eigenvalue weighted by molar-refractivity contribution is -0.458. The molecular weight excluding hydrogens is 725 g/mol. The molecule has 262 valence electrons. The first-order valence-electron chi connectivity index (χ1n) is 11.6. The molecule has 23 heteroatoms. The van der Waals surface area contributed by atoms with Crippen LogP contribution >= 0.6 is 0 Å². The normalized spacial score (nSPS) is 14.6. The van der Waals surface area contributed by atoms with Gasteiger partial charge in [-0.15, -0.1) is 0 Å². The average molecular weight is 741 g/mol. The van der Waals surface area contributed by atoms with E-state index in [0.29, 0.717) is 10.9 Å². The molecule has 0 unspecified atom stereocenters. The van der Waals surface area contributed by atoms with Crippen LogP contribution in [0.1, 0.15) is 19.4 Å². The highest BCUT2D eigenvalue weighted by Gasteiger charge is 2.95. The summed E-state index contributed by atoms with van der Waals surface area (Å²) in [6, 6.07) is 14.6. The third-order valence-corrected chi connectivity index (χ3v) is 9.28. The first kappa shape index (κ1) is 41.3. The molecule has 0 aliphatic rings. The molecule has 0 radical (unpaired) electrons. The van der Waals surface area contributed by atoms with Crippen molar-refractivity contribution in [3.63, 3.8) is 0 Å². The third-order valence-electron chi connectivity index (χ3n) is 6.02. The highest BCUT2D eigenvalue weighted by Crippen LogP contribution is 2.64. The van der Waals surface area contributed by atoms with E-state index in [9.17, 15) is 87.6 Å². The van der Waals surface area contributed by atoms with Gasteiger partial charge in [0.15, 0.2) is 15.0 Å². The van der Waals surface area contributed by atoms with Gasteiger partial charge in [0.1, 0.15) is 11.5 Å². The third kappa shape index (κ3) is 6.27. The fraction of sp³-hybridized carbons (Fsp3) is 0.522. The molecule has 0 fully saturated rings.